The van der Waals surface area contributed by atoms with Gasteiger partial charge in [-0.05, 0) is 36.4 Å². The number of ether oxygens (including phenoxy) is 2. The van der Waals surface area contributed by atoms with E-state index in [-0.39, 0.29) is 0 Å². The molecule has 2 rings (SSSR count). The van der Waals surface area contributed by atoms with Gasteiger partial charge in [-0.2, -0.15) is 0 Å². The van der Waals surface area contributed by atoms with Gasteiger partial charge in [0.15, 0.2) is 0 Å². The van der Waals surface area contributed by atoms with Crippen molar-refractivity contribution in [2.75, 3.05) is 19.5 Å². The molecule has 0 saturated carbocycles. The molecule has 0 radical (unpaired) electrons. The molecule has 0 aliphatic carbocycles. The lowest BCUT2D eigenvalue weighted by Gasteiger charge is -2.06. The van der Waals surface area contributed by atoms with E-state index in [1.165, 1.54) is 14.2 Å². The lowest BCUT2D eigenvalue weighted by Crippen LogP contribution is -2.04. The summed E-state index contributed by atoms with van der Waals surface area (Å²) in [5.74, 6) is 12.1. The van der Waals surface area contributed by atoms with Gasteiger partial charge in [0.05, 0.1) is 19.5 Å². The SMILES string of the molecule is COC(=O)c1cc(C#Cc2cccc(C#CCBr)c2)ccc1OC. The predicted molar refractivity (Wildman–Crippen MR) is 97.4 cm³/mol. The van der Waals surface area contributed by atoms with Gasteiger partial charge in [0.1, 0.15) is 11.3 Å². The molecule has 0 aromatic heterocycles. The predicted octanol–water partition coefficient (Wildman–Crippen LogP) is 3.63. The van der Waals surface area contributed by atoms with Gasteiger partial charge in [-0.1, -0.05) is 45.7 Å². The van der Waals surface area contributed by atoms with Crippen molar-refractivity contribution in [1.29, 1.82) is 0 Å². The number of halogens is 1. The zero-order chi connectivity index (χ0) is 17.4. The maximum absolute atomic E-state index is 11.8. The van der Waals surface area contributed by atoms with Crippen LogP contribution in [-0.4, -0.2) is 25.5 Å². The van der Waals surface area contributed by atoms with Crippen LogP contribution in [0.15, 0.2) is 42.5 Å². The van der Waals surface area contributed by atoms with E-state index in [1.54, 1.807) is 18.2 Å². The van der Waals surface area contributed by atoms with Gasteiger partial charge in [0.2, 0.25) is 0 Å². The first-order chi connectivity index (χ1) is 11.7. The number of benzene rings is 2. The number of carbonyl (C=O) groups is 1. The van der Waals surface area contributed by atoms with E-state index in [9.17, 15) is 4.79 Å². The summed E-state index contributed by atoms with van der Waals surface area (Å²) in [6.45, 7) is 0. The van der Waals surface area contributed by atoms with Crippen molar-refractivity contribution < 1.29 is 14.3 Å². The molecule has 3 nitrogen and oxygen atoms in total. The van der Waals surface area contributed by atoms with Crippen LogP contribution in [0.5, 0.6) is 5.75 Å². The molecule has 0 saturated heterocycles. The number of carbonyl (C=O) groups excluding carboxylic acids is 1. The van der Waals surface area contributed by atoms with Crippen molar-refractivity contribution in [3.63, 3.8) is 0 Å². The minimum absolute atomic E-state index is 0.351. The normalized spacial score (nSPS) is 9.12. The molecule has 2 aromatic rings. The highest BCUT2D eigenvalue weighted by atomic mass is 79.9. The zero-order valence-electron chi connectivity index (χ0n) is 13.4. The van der Waals surface area contributed by atoms with Crippen LogP contribution in [0.3, 0.4) is 0 Å². The molecule has 0 heterocycles. The zero-order valence-corrected chi connectivity index (χ0v) is 14.9. The summed E-state index contributed by atoms with van der Waals surface area (Å²) in [6, 6.07) is 12.8. The third-order valence-electron chi connectivity index (χ3n) is 3.12. The van der Waals surface area contributed by atoms with Gasteiger partial charge in [0, 0.05) is 16.7 Å². The van der Waals surface area contributed by atoms with Crippen molar-refractivity contribution in [2.24, 2.45) is 0 Å². The van der Waals surface area contributed by atoms with E-state index in [2.05, 4.69) is 39.6 Å². The number of hydrogen-bond acceptors (Lipinski definition) is 3. The summed E-state index contributed by atoms with van der Waals surface area (Å²) in [5, 5.41) is 0.630. The Labute approximate surface area is 150 Å². The highest BCUT2D eigenvalue weighted by Crippen LogP contribution is 2.20. The van der Waals surface area contributed by atoms with E-state index in [1.807, 2.05) is 24.3 Å². The summed E-state index contributed by atoms with van der Waals surface area (Å²) < 4.78 is 9.93. The lowest BCUT2D eigenvalue weighted by molar-refractivity contribution is 0.0597. The fourth-order valence-electron chi connectivity index (χ4n) is 2.01. The maximum Gasteiger partial charge on any atom is 0.341 e. The highest BCUT2D eigenvalue weighted by Gasteiger charge is 2.12. The quantitative estimate of drug-likeness (QED) is 0.452. The average molecular weight is 383 g/mol. The van der Waals surface area contributed by atoms with Gasteiger partial charge in [-0.3, -0.25) is 0 Å². The number of esters is 1. The van der Waals surface area contributed by atoms with Crippen LogP contribution in [0.25, 0.3) is 0 Å². The molecule has 0 bridgehead atoms. The largest absolute Gasteiger partial charge is 0.496 e. The molecule has 0 atom stereocenters. The highest BCUT2D eigenvalue weighted by molar-refractivity contribution is 9.09. The second kappa shape index (κ2) is 8.82. The molecule has 0 aliphatic heterocycles. The average Bonchev–Trinajstić information content (AvgIpc) is 2.64. The Morgan fingerprint density at radius 2 is 1.67 bits per heavy atom. The van der Waals surface area contributed by atoms with Crippen LogP contribution in [0.1, 0.15) is 27.0 Å². The summed E-state index contributed by atoms with van der Waals surface area (Å²) in [7, 11) is 2.84. The summed E-state index contributed by atoms with van der Waals surface area (Å²) >= 11 is 3.27. The molecule has 0 unspecified atom stereocenters. The minimum Gasteiger partial charge on any atom is -0.496 e. The molecule has 0 spiro atoms. The van der Waals surface area contributed by atoms with Crippen LogP contribution in [0.4, 0.5) is 0 Å². The lowest BCUT2D eigenvalue weighted by atomic mass is 10.1. The van der Waals surface area contributed by atoms with Crippen LogP contribution in [-0.2, 0) is 4.74 Å². The Morgan fingerprint density at radius 3 is 2.29 bits per heavy atom. The summed E-state index contributed by atoms with van der Waals surface area (Å²) in [5.41, 5.74) is 2.81. The molecule has 24 heavy (non-hydrogen) atoms. The number of methoxy groups -OCH3 is 2. The summed E-state index contributed by atoms with van der Waals surface area (Å²) in [6.07, 6.45) is 0. The van der Waals surface area contributed by atoms with Crippen LogP contribution < -0.4 is 4.74 Å². The van der Waals surface area contributed by atoms with E-state index in [0.717, 1.165) is 11.1 Å². The Hall–Kier alpha value is -2.69. The van der Waals surface area contributed by atoms with Crippen LogP contribution >= 0.6 is 15.9 Å². The second-order valence-electron chi connectivity index (χ2n) is 4.67. The topological polar surface area (TPSA) is 35.5 Å². The van der Waals surface area contributed by atoms with E-state index >= 15 is 0 Å². The number of alkyl halides is 1. The van der Waals surface area contributed by atoms with E-state index < -0.39 is 5.97 Å². The smallest absolute Gasteiger partial charge is 0.341 e. The second-order valence-corrected chi connectivity index (χ2v) is 5.23. The Morgan fingerprint density at radius 1 is 1.00 bits per heavy atom. The molecule has 0 fully saturated rings. The summed E-state index contributed by atoms with van der Waals surface area (Å²) in [4.78, 5) is 11.8. The Kier molecular flexibility index (Phi) is 6.49. The number of rotatable bonds is 2. The molecule has 0 N–H and O–H groups in total. The van der Waals surface area contributed by atoms with Gasteiger partial charge < -0.3 is 9.47 Å². The van der Waals surface area contributed by atoms with Gasteiger partial charge >= 0.3 is 5.97 Å². The van der Waals surface area contributed by atoms with Crippen molar-refractivity contribution in [3.8, 4) is 29.4 Å². The molecule has 0 amide bonds. The first-order valence-electron chi connectivity index (χ1n) is 7.11. The van der Waals surface area contributed by atoms with Gasteiger partial charge in [-0.25, -0.2) is 4.79 Å². The molecule has 120 valence electrons. The molecular weight excluding hydrogens is 368 g/mol. The van der Waals surface area contributed by atoms with Gasteiger partial charge in [-0.15, -0.1) is 0 Å². The molecule has 0 aliphatic rings. The third-order valence-corrected chi connectivity index (χ3v) is 3.40. The van der Waals surface area contributed by atoms with Gasteiger partial charge in [0.25, 0.3) is 0 Å². The standard InChI is InChI=1S/C20H15BrO3/c1-23-19-11-10-17(14-18(19)20(22)24-2)9-8-16-6-3-5-15(13-16)7-4-12-21/h3,5-6,10-11,13-14H,12H2,1-2H3. The fourth-order valence-corrected chi connectivity index (χ4v) is 2.15. The molecular formula is C20H15BrO3. The fraction of sp³-hybridized carbons (Fsp3) is 0.150. The first kappa shape index (κ1) is 17.7. The van der Waals surface area contributed by atoms with Crippen LogP contribution in [0, 0.1) is 23.7 Å². The molecule has 2 aromatic carbocycles. The van der Waals surface area contributed by atoms with E-state index in [0.29, 0.717) is 22.2 Å². The third kappa shape index (κ3) is 4.65. The van der Waals surface area contributed by atoms with Crippen molar-refractivity contribution in [2.45, 2.75) is 0 Å². The Bertz CT molecular complexity index is 864. The maximum atomic E-state index is 11.8. The monoisotopic (exact) mass is 382 g/mol. The number of hydrogen-bond donors (Lipinski definition) is 0. The van der Waals surface area contributed by atoms with Crippen LogP contribution in [0.2, 0.25) is 0 Å². The Balaban J connectivity index is 2.32. The minimum atomic E-state index is -0.456. The van der Waals surface area contributed by atoms with Crippen molar-refractivity contribution >= 4 is 21.9 Å². The first-order valence-corrected chi connectivity index (χ1v) is 8.23. The molecule has 4 heteroatoms. The van der Waals surface area contributed by atoms with Crippen molar-refractivity contribution in [3.05, 3.63) is 64.7 Å². The van der Waals surface area contributed by atoms with E-state index in [4.69, 9.17) is 9.47 Å². The van der Waals surface area contributed by atoms with Crippen molar-refractivity contribution in [1.82, 2.24) is 0 Å².